The topological polar surface area (TPSA) is 21.3 Å². The molecule has 1 fully saturated rings. The minimum atomic E-state index is 0.710. The molecule has 2 nitrogen and oxygen atoms in total. The molecule has 1 atom stereocenters. The number of ether oxygens (including phenoxy) is 1. The summed E-state index contributed by atoms with van der Waals surface area (Å²) in [5, 5.41) is 4.35. The van der Waals surface area contributed by atoms with Crippen LogP contribution in [0.15, 0.2) is 12.1 Å². The molecule has 1 N–H and O–H groups in total. The molecule has 0 saturated carbocycles. The van der Waals surface area contributed by atoms with Gasteiger partial charge in [-0.3, -0.25) is 0 Å². The van der Waals surface area contributed by atoms with Gasteiger partial charge < -0.3 is 10.1 Å². The molecule has 1 saturated heterocycles. The number of hydrogen-bond acceptors (Lipinski definition) is 2. The van der Waals surface area contributed by atoms with Crippen molar-refractivity contribution in [2.75, 3.05) is 13.2 Å². The zero-order chi connectivity index (χ0) is 13.0. The van der Waals surface area contributed by atoms with E-state index in [4.69, 9.17) is 16.3 Å². The molecule has 0 spiro atoms. The first-order chi connectivity index (χ1) is 8.66. The Morgan fingerprint density at radius 3 is 2.67 bits per heavy atom. The van der Waals surface area contributed by atoms with Gasteiger partial charge in [-0.1, -0.05) is 11.6 Å². The van der Waals surface area contributed by atoms with Crippen LogP contribution >= 0.6 is 11.6 Å². The van der Waals surface area contributed by atoms with Gasteiger partial charge in [0.05, 0.1) is 6.61 Å². The Balaban J connectivity index is 1.76. The molecule has 1 heterocycles. The Bertz CT molecular complexity index is 376. The predicted octanol–water partition coefficient (Wildman–Crippen LogP) is 3.87. The number of nitrogens with one attached hydrogen (secondary N) is 1. The molecule has 0 radical (unpaired) electrons. The summed E-state index contributed by atoms with van der Waals surface area (Å²) in [6.07, 6.45) is 4.96. The van der Waals surface area contributed by atoms with Crippen molar-refractivity contribution < 1.29 is 4.74 Å². The fourth-order valence-corrected chi connectivity index (χ4v) is 2.62. The van der Waals surface area contributed by atoms with Crippen molar-refractivity contribution in [3.8, 4) is 5.75 Å². The third-order valence-corrected chi connectivity index (χ3v) is 4.13. The molecule has 3 heteroatoms. The maximum atomic E-state index is 6.13. The SMILES string of the molecule is Cc1cc(OCCCC2CCCN2)cc(C)c1Cl. The van der Waals surface area contributed by atoms with Gasteiger partial charge in [0.2, 0.25) is 0 Å². The molecule has 0 aromatic heterocycles. The molecule has 100 valence electrons. The van der Waals surface area contributed by atoms with Crippen molar-refractivity contribution in [2.45, 2.75) is 45.6 Å². The van der Waals surface area contributed by atoms with Gasteiger partial charge in [-0.15, -0.1) is 0 Å². The second kappa shape index (κ2) is 6.44. The van der Waals surface area contributed by atoms with Crippen molar-refractivity contribution in [1.82, 2.24) is 5.32 Å². The highest BCUT2D eigenvalue weighted by Crippen LogP contribution is 2.26. The summed E-state index contributed by atoms with van der Waals surface area (Å²) in [6.45, 7) is 6.01. The standard InChI is InChI=1S/C15H22ClNO/c1-11-9-14(10-12(2)15(11)16)18-8-4-6-13-5-3-7-17-13/h9-10,13,17H,3-8H2,1-2H3. The van der Waals surface area contributed by atoms with Crippen molar-refractivity contribution in [3.05, 3.63) is 28.3 Å². The normalized spacial score (nSPS) is 19.2. The Hall–Kier alpha value is -0.730. The van der Waals surface area contributed by atoms with E-state index in [9.17, 15) is 0 Å². The van der Waals surface area contributed by atoms with Crippen molar-refractivity contribution in [1.29, 1.82) is 0 Å². The summed E-state index contributed by atoms with van der Waals surface area (Å²) in [6, 6.07) is 4.74. The van der Waals surface area contributed by atoms with Crippen LogP contribution in [0.4, 0.5) is 0 Å². The number of benzene rings is 1. The second-order valence-corrected chi connectivity index (χ2v) is 5.53. The van der Waals surface area contributed by atoms with Gasteiger partial charge in [0.15, 0.2) is 0 Å². The van der Waals surface area contributed by atoms with Crippen LogP contribution in [0.1, 0.15) is 36.8 Å². The van der Waals surface area contributed by atoms with E-state index >= 15 is 0 Å². The van der Waals surface area contributed by atoms with Crippen LogP contribution in [0.3, 0.4) is 0 Å². The summed E-state index contributed by atoms with van der Waals surface area (Å²) < 4.78 is 5.80. The molecular formula is C15H22ClNO. The Morgan fingerprint density at radius 1 is 1.33 bits per heavy atom. The highest BCUT2D eigenvalue weighted by Gasteiger charge is 2.13. The lowest BCUT2D eigenvalue weighted by Crippen LogP contribution is -2.21. The number of aryl methyl sites for hydroxylation is 2. The molecule has 1 aromatic rings. The van der Waals surface area contributed by atoms with E-state index in [0.717, 1.165) is 34.9 Å². The first-order valence-electron chi connectivity index (χ1n) is 6.80. The van der Waals surface area contributed by atoms with Gasteiger partial charge in [0.25, 0.3) is 0 Å². The van der Waals surface area contributed by atoms with Crippen LogP contribution in [0.25, 0.3) is 0 Å². The quantitative estimate of drug-likeness (QED) is 0.818. The second-order valence-electron chi connectivity index (χ2n) is 5.16. The van der Waals surface area contributed by atoms with E-state index in [1.54, 1.807) is 0 Å². The van der Waals surface area contributed by atoms with Gasteiger partial charge in [-0.05, 0) is 69.3 Å². The lowest BCUT2D eigenvalue weighted by molar-refractivity contribution is 0.298. The fraction of sp³-hybridized carbons (Fsp3) is 0.600. The van der Waals surface area contributed by atoms with Crippen LogP contribution in [0.5, 0.6) is 5.75 Å². The molecule has 1 aliphatic heterocycles. The van der Waals surface area contributed by atoms with Gasteiger partial charge in [0.1, 0.15) is 5.75 Å². The van der Waals surface area contributed by atoms with E-state index < -0.39 is 0 Å². The van der Waals surface area contributed by atoms with E-state index in [-0.39, 0.29) is 0 Å². The number of hydrogen-bond donors (Lipinski definition) is 1. The van der Waals surface area contributed by atoms with E-state index in [1.165, 1.54) is 25.8 Å². The number of rotatable bonds is 5. The molecule has 0 bridgehead atoms. The van der Waals surface area contributed by atoms with Crippen LogP contribution in [-0.4, -0.2) is 19.2 Å². The van der Waals surface area contributed by atoms with Crippen LogP contribution in [0.2, 0.25) is 5.02 Å². The zero-order valence-corrected chi connectivity index (χ0v) is 12.0. The third-order valence-electron chi connectivity index (χ3n) is 3.54. The molecule has 1 aliphatic rings. The average molecular weight is 268 g/mol. The van der Waals surface area contributed by atoms with Crippen molar-refractivity contribution in [3.63, 3.8) is 0 Å². The lowest BCUT2D eigenvalue weighted by Gasteiger charge is -2.12. The summed E-state index contributed by atoms with van der Waals surface area (Å²) >= 11 is 6.13. The minimum Gasteiger partial charge on any atom is -0.494 e. The summed E-state index contributed by atoms with van der Waals surface area (Å²) in [5.74, 6) is 0.939. The Labute approximate surface area is 115 Å². The lowest BCUT2D eigenvalue weighted by atomic mass is 10.1. The van der Waals surface area contributed by atoms with Gasteiger partial charge >= 0.3 is 0 Å². The monoisotopic (exact) mass is 267 g/mol. The Kier molecular flexibility index (Phi) is 4.90. The molecule has 1 aromatic carbocycles. The minimum absolute atomic E-state index is 0.710. The first-order valence-corrected chi connectivity index (χ1v) is 7.17. The highest BCUT2D eigenvalue weighted by atomic mass is 35.5. The summed E-state index contributed by atoms with van der Waals surface area (Å²) in [5.41, 5.74) is 2.17. The molecule has 18 heavy (non-hydrogen) atoms. The Morgan fingerprint density at radius 2 is 2.06 bits per heavy atom. The third kappa shape index (κ3) is 3.63. The fourth-order valence-electron chi connectivity index (χ4n) is 2.51. The van der Waals surface area contributed by atoms with Crippen LogP contribution in [0, 0.1) is 13.8 Å². The zero-order valence-electron chi connectivity index (χ0n) is 11.3. The largest absolute Gasteiger partial charge is 0.494 e. The van der Waals surface area contributed by atoms with Crippen molar-refractivity contribution in [2.24, 2.45) is 0 Å². The molecule has 1 unspecified atom stereocenters. The molecular weight excluding hydrogens is 246 g/mol. The predicted molar refractivity (Wildman–Crippen MR) is 76.7 cm³/mol. The van der Waals surface area contributed by atoms with Gasteiger partial charge in [-0.25, -0.2) is 0 Å². The number of halogens is 1. The summed E-state index contributed by atoms with van der Waals surface area (Å²) in [4.78, 5) is 0. The van der Waals surface area contributed by atoms with Gasteiger partial charge in [0, 0.05) is 11.1 Å². The smallest absolute Gasteiger partial charge is 0.119 e. The first kappa shape index (κ1) is 13.7. The highest BCUT2D eigenvalue weighted by molar-refractivity contribution is 6.32. The van der Waals surface area contributed by atoms with E-state index in [2.05, 4.69) is 5.32 Å². The van der Waals surface area contributed by atoms with Crippen molar-refractivity contribution >= 4 is 11.6 Å². The van der Waals surface area contributed by atoms with Crippen LogP contribution in [-0.2, 0) is 0 Å². The molecule has 2 rings (SSSR count). The summed E-state index contributed by atoms with van der Waals surface area (Å²) in [7, 11) is 0. The molecule has 0 aliphatic carbocycles. The van der Waals surface area contributed by atoms with Crippen LogP contribution < -0.4 is 10.1 Å². The average Bonchev–Trinajstić information content (AvgIpc) is 2.84. The maximum absolute atomic E-state index is 6.13. The van der Waals surface area contributed by atoms with Gasteiger partial charge in [-0.2, -0.15) is 0 Å². The maximum Gasteiger partial charge on any atom is 0.119 e. The van der Waals surface area contributed by atoms with E-state index in [0.29, 0.717) is 6.04 Å². The van der Waals surface area contributed by atoms with E-state index in [1.807, 2.05) is 26.0 Å². The molecule has 0 amide bonds.